The van der Waals surface area contributed by atoms with Gasteiger partial charge in [0, 0.05) is 11.1 Å². The zero-order valence-corrected chi connectivity index (χ0v) is 14.7. The lowest BCUT2D eigenvalue weighted by Gasteiger charge is -2.56. The molecule has 2 bridgehead atoms. The van der Waals surface area contributed by atoms with Crippen molar-refractivity contribution in [2.75, 3.05) is 0 Å². The molecule has 0 aromatic rings. The van der Waals surface area contributed by atoms with Gasteiger partial charge in [0.1, 0.15) is 0 Å². The van der Waals surface area contributed by atoms with Gasteiger partial charge in [0.2, 0.25) is 0 Å². The van der Waals surface area contributed by atoms with E-state index in [9.17, 15) is 0 Å². The molecular formula is C20H37N. The number of hydrogen-bond acceptors (Lipinski definition) is 1. The second-order valence-electron chi connectivity index (χ2n) is 9.22. The Morgan fingerprint density at radius 1 is 0.810 bits per heavy atom. The Bertz CT molecular complexity index is 352. The average Bonchev–Trinajstić information content (AvgIpc) is 2.45. The van der Waals surface area contributed by atoms with Gasteiger partial charge in [0.15, 0.2) is 0 Å². The normalized spacial score (nSPS) is 49.0. The van der Waals surface area contributed by atoms with Gasteiger partial charge in [-0.2, -0.15) is 0 Å². The van der Waals surface area contributed by atoms with Crippen molar-refractivity contribution in [1.82, 2.24) is 5.32 Å². The fourth-order valence-electron chi connectivity index (χ4n) is 6.26. The van der Waals surface area contributed by atoms with Crippen LogP contribution in [0.2, 0.25) is 0 Å². The minimum atomic E-state index is 0.405. The van der Waals surface area contributed by atoms with Crippen molar-refractivity contribution in [3.63, 3.8) is 0 Å². The molecule has 122 valence electrons. The van der Waals surface area contributed by atoms with Gasteiger partial charge in [-0.1, -0.05) is 58.3 Å². The third kappa shape index (κ3) is 3.49. The van der Waals surface area contributed by atoms with Crippen molar-refractivity contribution < 1.29 is 0 Å². The van der Waals surface area contributed by atoms with E-state index in [1.165, 1.54) is 77.0 Å². The van der Waals surface area contributed by atoms with Gasteiger partial charge < -0.3 is 5.32 Å². The summed E-state index contributed by atoms with van der Waals surface area (Å²) in [5.74, 6) is 2.83. The molecule has 1 heterocycles. The number of fused-ring (bicyclic) bond motifs is 4. The van der Waals surface area contributed by atoms with Gasteiger partial charge >= 0.3 is 0 Å². The largest absolute Gasteiger partial charge is 0.306 e. The average molecular weight is 292 g/mol. The fraction of sp³-hybridized carbons (Fsp3) is 1.00. The molecule has 1 N–H and O–H groups in total. The van der Waals surface area contributed by atoms with Gasteiger partial charge in [-0.05, 0) is 57.3 Å². The first-order valence-electron chi connectivity index (χ1n) is 9.80. The Morgan fingerprint density at radius 2 is 1.52 bits per heavy atom. The van der Waals surface area contributed by atoms with E-state index in [0.29, 0.717) is 11.1 Å². The van der Waals surface area contributed by atoms with Gasteiger partial charge in [0.25, 0.3) is 0 Å². The predicted octanol–water partition coefficient (Wildman–Crippen LogP) is 5.68. The van der Waals surface area contributed by atoms with Crippen molar-refractivity contribution in [3.05, 3.63) is 0 Å². The standard InChI is InChI=1S/C20H37N/c1-16-10-7-8-12-18-17-11-6-4-5-9-13-19(2,15-17)21-20(18,3)14-16/h16-18,21H,4-15H2,1-3H3. The van der Waals surface area contributed by atoms with E-state index in [1.807, 2.05) is 0 Å². The molecule has 2 aliphatic carbocycles. The molecule has 1 heteroatoms. The van der Waals surface area contributed by atoms with Gasteiger partial charge in [-0.3, -0.25) is 0 Å². The Hall–Kier alpha value is -0.0400. The summed E-state index contributed by atoms with van der Waals surface area (Å²) in [7, 11) is 0. The smallest absolute Gasteiger partial charge is 0.0191 e. The summed E-state index contributed by atoms with van der Waals surface area (Å²) in [6.45, 7) is 7.62. The highest BCUT2D eigenvalue weighted by molar-refractivity contribution is 5.07. The molecule has 0 amide bonds. The Kier molecular flexibility index (Phi) is 4.69. The van der Waals surface area contributed by atoms with E-state index in [0.717, 1.165) is 17.8 Å². The van der Waals surface area contributed by atoms with Crippen LogP contribution < -0.4 is 5.32 Å². The molecule has 2 saturated carbocycles. The molecule has 0 radical (unpaired) electrons. The molecule has 0 aromatic heterocycles. The number of rotatable bonds is 0. The van der Waals surface area contributed by atoms with Crippen LogP contribution in [0.3, 0.4) is 0 Å². The molecule has 5 unspecified atom stereocenters. The molecule has 3 fully saturated rings. The highest BCUT2D eigenvalue weighted by atomic mass is 15.1. The van der Waals surface area contributed by atoms with Crippen molar-refractivity contribution in [2.45, 2.75) is 109 Å². The van der Waals surface area contributed by atoms with Gasteiger partial charge in [-0.25, -0.2) is 0 Å². The first-order valence-corrected chi connectivity index (χ1v) is 9.80. The number of piperidine rings is 1. The maximum absolute atomic E-state index is 4.23. The summed E-state index contributed by atoms with van der Waals surface area (Å²) in [4.78, 5) is 0. The lowest BCUT2D eigenvalue weighted by Crippen LogP contribution is -2.65. The van der Waals surface area contributed by atoms with Crippen LogP contribution in [0.15, 0.2) is 0 Å². The Morgan fingerprint density at radius 3 is 2.38 bits per heavy atom. The van der Waals surface area contributed by atoms with Crippen molar-refractivity contribution in [1.29, 1.82) is 0 Å². The van der Waals surface area contributed by atoms with Crippen LogP contribution >= 0.6 is 0 Å². The van der Waals surface area contributed by atoms with Crippen LogP contribution in [0.5, 0.6) is 0 Å². The summed E-state index contributed by atoms with van der Waals surface area (Å²) >= 11 is 0. The maximum atomic E-state index is 4.23. The second kappa shape index (κ2) is 6.22. The molecule has 5 atom stereocenters. The van der Waals surface area contributed by atoms with Crippen molar-refractivity contribution in [2.24, 2.45) is 17.8 Å². The lowest BCUT2D eigenvalue weighted by atomic mass is 9.60. The minimum absolute atomic E-state index is 0.405. The Balaban J connectivity index is 1.87. The Labute approximate surface area is 132 Å². The van der Waals surface area contributed by atoms with E-state index < -0.39 is 0 Å². The molecular weight excluding hydrogens is 254 g/mol. The van der Waals surface area contributed by atoms with E-state index in [2.05, 4.69) is 26.1 Å². The van der Waals surface area contributed by atoms with Crippen molar-refractivity contribution >= 4 is 0 Å². The van der Waals surface area contributed by atoms with Crippen LogP contribution in [-0.2, 0) is 0 Å². The summed E-state index contributed by atoms with van der Waals surface area (Å²) in [5.41, 5.74) is 0.820. The molecule has 21 heavy (non-hydrogen) atoms. The quantitative estimate of drug-likeness (QED) is 0.605. The van der Waals surface area contributed by atoms with E-state index in [4.69, 9.17) is 0 Å². The van der Waals surface area contributed by atoms with Crippen LogP contribution in [-0.4, -0.2) is 11.1 Å². The van der Waals surface area contributed by atoms with E-state index >= 15 is 0 Å². The third-order valence-corrected chi connectivity index (χ3v) is 6.98. The molecule has 1 aliphatic heterocycles. The third-order valence-electron chi connectivity index (χ3n) is 6.98. The van der Waals surface area contributed by atoms with Gasteiger partial charge in [-0.15, -0.1) is 0 Å². The summed E-state index contributed by atoms with van der Waals surface area (Å²) in [6, 6.07) is 0. The molecule has 1 nitrogen and oxygen atoms in total. The summed E-state index contributed by atoms with van der Waals surface area (Å²) in [5, 5.41) is 4.23. The lowest BCUT2D eigenvalue weighted by molar-refractivity contribution is 0.00114. The van der Waals surface area contributed by atoms with Crippen LogP contribution in [0, 0.1) is 17.8 Å². The minimum Gasteiger partial charge on any atom is -0.306 e. The topological polar surface area (TPSA) is 12.0 Å². The summed E-state index contributed by atoms with van der Waals surface area (Å²) in [6.07, 6.45) is 17.5. The molecule has 0 aromatic carbocycles. The van der Waals surface area contributed by atoms with E-state index in [1.54, 1.807) is 0 Å². The van der Waals surface area contributed by atoms with Crippen LogP contribution in [0.4, 0.5) is 0 Å². The van der Waals surface area contributed by atoms with Crippen molar-refractivity contribution in [3.8, 4) is 0 Å². The summed E-state index contributed by atoms with van der Waals surface area (Å²) < 4.78 is 0. The first kappa shape index (κ1) is 15.8. The predicted molar refractivity (Wildman–Crippen MR) is 91.5 cm³/mol. The molecule has 3 aliphatic rings. The second-order valence-corrected chi connectivity index (χ2v) is 9.22. The number of nitrogens with one attached hydrogen (secondary N) is 1. The SMILES string of the molecule is CC1CCCCC2C3CCCCCCC(C)(C3)NC2(C)C1. The molecule has 3 rings (SSSR count). The fourth-order valence-corrected chi connectivity index (χ4v) is 6.26. The zero-order chi connectivity index (χ0) is 14.9. The van der Waals surface area contributed by atoms with Gasteiger partial charge in [0.05, 0.1) is 0 Å². The maximum Gasteiger partial charge on any atom is 0.0191 e. The monoisotopic (exact) mass is 291 g/mol. The van der Waals surface area contributed by atoms with E-state index in [-0.39, 0.29) is 0 Å². The zero-order valence-electron chi connectivity index (χ0n) is 14.7. The highest BCUT2D eigenvalue weighted by Gasteiger charge is 2.49. The molecule has 1 saturated heterocycles. The highest BCUT2D eigenvalue weighted by Crippen LogP contribution is 2.48. The number of hydrogen-bond donors (Lipinski definition) is 1. The first-order chi connectivity index (χ1) is 10.0. The van der Waals surface area contributed by atoms with Crippen LogP contribution in [0.25, 0.3) is 0 Å². The van der Waals surface area contributed by atoms with Crippen LogP contribution in [0.1, 0.15) is 97.8 Å². The molecule has 0 spiro atoms.